The molecule has 7 heteroatoms. The second kappa shape index (κ2) is 5.66. The Balaban J connectivity index is 2.37. The molecule has 0 bridgehead atoms. The van der Waals surface area contributed by atoms with E-state index in [9.17, 15) is 0 Å². The summed E-state index contributed by atoms with van der Waals surface area (Å²) in [7, 11) is 3.87. The minimum atomic E-state index is 0.216. The third-order valence-corrected chi connectivity index (χ3v) is 3.15. The Bertz CT molecular complexity index is 561. The molecule has 0 amide bonds. The number of pyridine rings is 1. The van der Waals surface area contributed by atoms with Crippen LogP contribution in [-0.2, 0) is 0 Å². The molecule has 0 saturated heterocycles. The van der Waals surface area contributed by atoms with Crippen LogP contribution in [0.15, 0.2) is 24.5 Å². The molecule has 0 aromatic carbocycles. The van der Waals surface area contributed by atoms with Gasteiger partial charge in [-0.1, -0.05) is 0 Å². The smallest absolute Gasteiger partial charge is 0.224 e. The summed E-state index contributed by atoms with van der Waals surface area (Å²) < 4.78 is 0.894. The van der Waals surface area contributed by atoms with Gasteiger partial charge in [-0.2, -0.15) is 4.98 Å². The molecule has 0 radical (unpaired) electrons. The predicted octanol–water partition coefficient (Wildman–Crippen LogP) is 2.94. The molecular weight excluding hydrogens is 365 g/mol. The van der Waals surface area contributed by atoms with E-state index < -0.39 is 0 Å². The van der Waals surface area contributed by atoms with Crippen LogP contribution in [0.4, 0.5) is 17.3 Å². The zero-order valence-corrected chi connectivity index (χ0v) is 12.8. The summed E-state index contributed by atoms with van der Waals surface area (Å²) in [4.78, 5) is 14.3. The topological polar surface area (TPSA) is 53.9 Å². The van der Waals surface area contributed by atoms with E-state index in [0.717, 1.165) is 15.1 Å². The van der Waals surface area contributed by atoms with Gasteiger partial charge in [-0.3, -0.25) is 0 Å². The molecule has 2 heterocycles. The van der Waals surface area contributed by atoms with Crippen molar-refractivity contribution in [2.24, 2.45) is 0 Å². The summed E-state index contributed by atoms with van der Waals surface area (Å²) in [5.74, 6) is 1.51. The van der Waals surface area contributed by atoms with Gasteiger partial charge in [0.2, 0.25) is 5.28 Å². The fraction of sp³-hybridized carbons (Fsp3) is 0.182. The fourth-order valence-electron chi connectivity index (χ4n) is 1.41. The molecular formula is C11H11ClIN5. The summed E-state index contributed by atoms with van der Waals surface area (Å²) >= 11 is 7.95. The van der Waals surface area contributed by atoms with Gasteiger partial charge in [-0.15, -0.1) is 0 Å². The van der Waals surface area contributed by atoms with Crippen LogP contribution in [0, 0.1) is 3.57 Å². The van der Waals surface area contributed by atoms with Crippen LogP contribution in [0.2, 0.25) is 5.28 Å². The monoisotopic (exact) mass is 375 g/mol. The Morgan fingerprint density at radius 1 is 1.33 bits per heavy atom. The molecule has 18 heavy (non-hydrogen) atoms. The van der Waals surface area contributed by atoms with Crippen molar-refractivity contribution in [3.05, 3.63) is 33.4 Å². The van der Waals surface area contributed by atoms with E-state index >= 15 is 0 Å². The second-order valence-electron chi connectivity index (χ2n) is 3.73. The SMILES string of the molecule is CN(C)c1ncccc1Nc1nc(Cl)ncc1I. The van der Waals surface area contributed by atoms with Gasteiger partial charge < -0.3 is 10.2 Å². The van der Waals surface area contributed by atoms with E-state index in [2.05, 4.69) is 42.9 Å². The highest BCUT2D eigenvalue weighted by molar-refractivity contribution is 14.1. The summed E-state index contributed by atoms with van der Waals surface area (Å²) in [6.07, 6.45) is 3.42. The minimum Gasteiger partial charge on any atom is -0.361 e. The maximum atomic E-state index is 5.79. The van der Waals surface area contributed by atoms with Crippen LogP contribution in [0.1, 0.15) is 0 Å². The normalized spacial score (nSPS) is 10.2. The van der Waals surface area contributed by atoms with E-state index in [1.807, 2.05) is 31.1 Å². The van der Waals surface area contributed by atoms with Crippen molar-refractivity contribution in [3.63, 3.8) is 0 Å². The molecule has 2 rings (SSSR count). The number of aromatic nitrogens is 3. The summed E-state index contributed by atoms with van der Waals surface area (Å²) in [6.45, 7) is 0. The molecule has 0 atom stereocenters. The molecule has 1 N–H and O–H groups in total. The minimum absolute atomic E-state index is 0.216. The van der Waals surface area contributed by atoms with Gasteiger partial charge in [0.1, 0.15) is 5.82 Å². The highest BCUT2D eigenvalue weighted by Gasteiger charge is 2.09. The first-order valence-corrected chi connectivity index (χ1v) is 6.61. The van der Waals surface area contributed by atoms with Crippen molar-refractivity contribution in [1.82, 2.24) is 15.0 Å². The lowest BCUT2D eigenvalue weighted by atomic mass is 10.3. The largest absolute Gasteiger partial charge is 0.361 e. The summed E-state index contributed by atoms with van der Waals surface area (Å²) in [5.41, 5.74) is 0.871. The van der Waals surface area contributed by atoms with Crippen LogP contribution < -0.4 is 10.2 Å². The lowest BCUT2D eigenvalue weighted by molar-refractivity contribution is 1.07. The van der Waals surface area contributed by atoms with E-state index in [-0.39, 0.29) is 5.28 Å². The third-order valence-electron chi connectivity index (χ3n) is 2.18. The number of nitrogens with zero attached hydrogens (tertiary/aromatic N) is 4. The van der Waals surface area contributed by atoms with Crippen molar-refractivity contribution in [2.45, 2.75) is 0 Å². The highest BCUT2D eigenvalue weighted by atomic mass is 127. The van der Waals surface area contributed by atoms with E-state index in [4.69, 9.17) is 11.6 Å². The molecule has 2 aromatic rings. The average Bonchev–Trinajstić information content (AvgIpc) is 2.34. The van der Waals surface area contributed by atoms with Crippen molar-refractivity contribution in [3.8, 4) is 0 Å². The van der Waals surface area contributed by atoms with Crippen LogP contribution in [-0.4, -0.2) is 29.0 Å². The quantitative estimate of drug-likeness (QED) is 0.660. The average molecular weight is 376 g/mol. The number of rotatable bonds is 3. The fourth-order valence-corrected chi connectivity index (χ4v) is 1.94. The van der Waals surface area contributed by atoms with Gasteiger partial charge in [0.25, 0.3) is 0 Å². The molecule has 2 aromatic heterocycles. The number of anilines is 3. The van der Waals surface area contributed by atoms with E-state index in [0.29, 0.717) is 5.82 Å². The van der Waals surface area contributed by atoms with Crippen molar-refractivity contribution >= 4 is 51.5 Å². The summed E-state index contributed by atoms with van der Waals surface area (Å²) in [5, 5.41) is 3.43. The van der Waals surface area contributed by atoms with Gasteiger partial charge in [0.15, 0.2) is 5.82 Å². The Morgan fingerprint density at radius 2 is 2.11 bits per heavy atom. The first-order valence-electron chi connectivity index (χ1n) is 5.15. The Labute approximate surface area is 124 Å². The zero-order chi connectivity index (χ0) is 13.1. The molecule has 0 saturated carbocycles. The lowest BCUT2D eigenvalue weighted by Gasteiger charge is -2.16. The van der Waals surface area contributed by atoms with Crippen molar-refractivity contribution < 1.29 is 0 Å². The Morgan fingerprint density at radius 3 is 2.83 bits per heavy atom. The first kappa shape index (κ1) is 13.3. The number of hydrogen-bond donors (Lipinski definition) is 1. The summed E-state index contributed by atoms with van der Waals surface area (Å²) in [6, 6.07) is 3.80. The predicted molar refractivity (Wildman–Crippen MR) is 81.6 cm³/mol. The molecule has 94 valence electrons. The molecule has 0 spiro atoms. The lowest BCUT2D eigenvalue weighted by Crippen LogP contribution is -2.13. The van der Waals surface area contributed by atoms with Crippen LogP contribution in [0.25, 0.3) is 0 Å². The van der Waals surface area contributed by atoms with Gasteiger partial charge in [0, 0.05) is 26.5 Å². The van der Waals surface area contributed by atoms with Crippen molar-refractivity contribution in [2.75, 3.05) is 24.3 Å². The maximum absolute atomic E-state index is 5.79. The van der Waals surface area contributed by atoms with Gasteiger partial charge in [-0.25, -0.2) is 9.97 Å². The Kier molecular flexibility index (Phi) is 4.18. The number of hydrogen-bond acceptors (Lipinski definition) is 5. The molecule has 5 nitrogen and oxygen atoms in total. The number of nitrogens with one attached hydrogen (secondary N) is 1. The zero-order valence-electron chi connectivity index (χ0n) is 9.85. The van der Waals surface area contributed by atoms with E-state index in [1.165, 1.54) is 0 Å². The maximum Gasteiger partial charge on any atom is 0.224 e. The van der Waals surface area contributed by atoms with Crippen LogP contribution in [0.3, 0.4) is 0 Å². The second-order valence-corrected chi connectivity index (χ2v) is 5.23. The highest BCUT2D eigenvalue weighted by Crippen LogP contribution is 2.26. The molecule has 0 unspecified atom stereocenters. The first-order chi connectivity index (χ1) is 8.58. The molecule has 0 aliphatic heterocycles. The molecule has 0 aliphatic carbocycles. The standard InChI is InChI=1S/C11H11ClIN5/c1-18(2)10-8(4-3-5-14-10)16-9-7(13)6-15-11(12)17-9/h3-6H,1-2H3,(H,15,16,17). The van der Waals surface area contributed by atoms with Gasteiger partial charge >= 0.3 is 0 Å². The third kappa shape index (κ3) is 2.99. The Hall–Kier alpha value is -1.15. The number of halogens is 2. The molecule has 0 fully saturated rings. The van der Waals surface area contributed by atoms with Crippen molar-refractivity contribution in [1.29, 1.82) is 0 Å². The van der Waals surface area contributed by atoms with Crippen LogP contribution in [0.5, 0.6) is 0 Å². The van der Waals surface area contributed by atoms with Gasteiger partial charge in [-0.05, 0) is 46.3 Å². The van der Waals surface area contributed by atoms with Gasteiger partial charge in [0.05, 0.1) is 9.26 Å². The van der Waals surface area contributed by atoms with E-state index in [1.54, 1.807) is 12.4 Å². The molecule has 0 aliphatic rings. The van der Waals surface area contributed by atoms with Crippen LogP contribution >= 0.6 is 34.2 Å².